The minimum Gasteiger partial charge on any atom is -0.309 e. The predicted molar refractivity (Wildman–Crippen MR) is 244 cm³/mol. The second kappa shape index (κ2) is 17.8. The van der Waals surface area contributed by atoms with Crippen molar-refractivity contribution >= 4 is 22.6 Å². The third-order valence-corrected chi connectivity index (χ3v) is 10.6. The van der Waals surface area contributed by atoms with E-state index in [4.69, 9.17) is 0 Å². The van der Waals surface area contributed by atoms with Crippen molar-refractivity contribution in [2.24, 2.45) is 5.92 Å². The maximum atomic E-state index is 2.40. The van der Waals surface area contributed by atoms with Crippen LogP contribution in [0.2, 0.25) is 0 Å². The molecule has 0 amide bonds. The van der Waals surface area contributed by atoms with Crippen LogP contribution in [0.4, 0.5) is 0 Å². The maximum absolute atomic E-state index is 2.40. The molecule has 0 saturated carbocycles. The summed E-state index contributed by atoms with van der Waals surface area (Å²) in [4.78, 5) is 0. The summed E-state index contributed by atoms with van der Waals surface area (Å²) in [6.45, 7) is 10.6. The Morgan fingerprint density at radius 2 is 1.20 bits per heavy atom. The zero-order chi connectivity index (χ0) is 38.9. The average Bonchev–Trinajstić information content (AvgIpc) is 3.65. The van der Waals surface area contributed by atoms with E-state index in [1.54, 1.807) is 0 Å². The number of benzene rings is 6. The first-order valence-corrected chi connectivity index (χ1v) is 19.9. The van der Waals surface area contributed by atoms with E-state index in [9.17, 15) is 0 Å². The number of fused-ring (bicyclic) bond motifs is 2. The summed E-state index contributed by atoms with van der Waals surface area (Å²) in [7, 11) is 0. The van der Waals surface area contributed by atoms with Gasteiger partial charge in [-0.15, -0.1) is 0 Å². The van der Waals surface area contributed by atoms with Gasteiger partial charge in [-0.1, -0.05) is 195 Å². The van der Waals surface area contributed by atoms with E-state index >= 15 is 0 Å². The molecule has 56 heavy (non-hydrogen) atoms. The monoisotopic (exact) mass is 725 g/mol. The van der Waals surface area contributed by atoms with Gasteiger partial charge < -0.3 is 4.57 Å². The van der Waals surface area contributed by atoms with Gasteiger partial charge in [0.05, 0.1) is 11.2 Å². The van der Waals surface area contributed by atoms with Crippen LogP contribution in [0.15, 0.2) is 205 Å². The van der Waals surface area contributed by atoms with Crippen LogP contribution in [0.25, 0.3) is 61.8 Å². The lowest BCUT2D eigenvalue weighted by atomic mass is 9.85. The molecular weight excluding hydrogens is 675 g/mol. The highest BCUT2D eigenvalue weighted by Crippen LogP contribution is 2.36. The molecule has 0 bridgehead atoms. The number of aromatic nitrogens is 1. The molecule has 0 N–H and O–H groups in total. The summed E-state index contributed by atoms with van der Waals surface area (Å²) in [5, 5.41) is 1.23. The van der Waals surface area contributed by atoms with Crippen molar-refractivity contribution in [3.05, 3.63) is 222 Å². The van der Waals surface area contributed by atoms with Gasteiger partial charge in [0.25, 0.3) is 0 Å². The molecule has 7 aromatic rings. The largest absolute Gasteiger partial charge is 0.309 e. The minimum absolute atomic E-state index is 0.657. The van der Waals surface area contributed by atoms with Crippen molar-refractivity contribution in [2.45, 2.75) is 41.0 Å². The molecule has 1 nitrogen and oxygen atoms in total. The van der Waals surface area contributed by atoms with Crippen LogP contribution in [-0.4, -0.2) is 4.57 Å². The number of nitrogens with zero attached hydrogens (tertiary/aromatic N) is 1. The van der Waals surface area contributed by atoms with Gasteiger partial charge in [-0.25, -0.2) is 0 Å². The summed E-state index contributed by atoms with van der Waals surface area (Å²) in [5.74, 6) is 0.657. The minimum atomic E-state index is 0.657. The quantitative estimate of drug-likeness (QED) is 0.150. The van der Waals surface area contributed by atoms with Crippen LogP contribution in [0.5, 0.6) is 0 Å². The van der Waals surface area contributed by atoms with Gasteiger partial charge in [0.1, 0.15) is 0 Å². The number of rotatable bonds is 6. The molecule has 9 rings (SSSR count). The Kier molecular flexibility index (Phi) is 12.0. The van der Waals surface area contributed by atoms with E-state index in [1.165, 1.54) is 84.2 Å². The van der Waals surface area contributed by atoms with Gasteiger partial charge in [-0.2, -0.15) is 0 Å². The lowest BCUT2D eigenvalue weighted by Gasteiger charge is -2.20. The van der Waals surface area contributed by atoms with Crippen molar-refractivity contribution in [3.63, 3.8) is 0 Å². The second-order valence-electron chi connectivity index (χ2n) is 14.4. The van der Waals surface area contributed by atoms with Crippen LogP contribution in [0.1, 0.15) is 50.8 Å². The molecule has 2 aliphatic carbocycles. The van der Waals surface area contributed by atoms with Crippen molar-refractivity contribution in [3.8, 4) is 39.2 Å². The van der Waals surface area contributed by atoms with Crippen LogP contribution in [-0.2, 0) is 0 Å². The molecule has 0 fully saturated rings. The van der Waals surface area contributed by atoms with E-state index in [0.29, 0.717) is 5.92 Å². The molecule has 1 atom stereocenters. The smallest absolute Gasteiger partial charge is 0.0541 e. The van der Waals surface area contributed by atoms with Crippen molar-refractivity contribution in [1.82, 2.24) is 4.57 Å². The van der Waals surface area contributed by atoms with E-state index in [1.807, 2.05) is 13.8 Å². The molecule has 1 aromatic heterocycles. The first-order chi connectivity index (χ1) is 27.5. The molecule has 6 aromatic carbocycles. The SMILES string of the molecule is C/C(=C\c1ccc(-c2ccc3cc(-c4ccccc4)n(-c4ccc(-c5ccccc5)cc4)c3c2)cc1C)c1ccccc1.CC.CC1=CC=C2C=CC=CC2C1. The Bertz CT molecular complexity index is 2560. The molecule has 0 spiro atoms. The van der Waals surface area contributed by atoms with Crippen LogP contribution < -0.4 is 0 Å². The fourth-order valence-corrected chi connectivity index (χ4v) is 7.57. The Labute approximate surface area is 334 Å². The van der Waals surface area contributed by atoms with Crippen molar-refractivity contribution in [2.75, 3.05) is 0 Å². The summed E-state index contributed by atoms with van der Waals surface area (Å²) in [6, 6.07) is 56.7. The Morgan fingerprint density at radius 1 is 0.589 bits per heavy atom. The Morgan fingerprint density at radius 3 is 1.89 bits per heavy atom. The molecule has 2 aliphatic rings. The fourth-order valence-electron chi connectivity index (χ4n) is 7.57. The molecule has 1 heteroatoms. The van der Waals surface area contributed by atoms with Crippen LogP contribution in [0.3, 0.4) is 0 Å². The zero-order valence-corrected chi connectivity index (χ0v) is 33.3. The highest BCUT2D eigenvalue weighted by atomic mass is 15.0. The second-order valence-corrected chi connectivity index (χ2v) is 14.4. The topological polar surface area (TPSA) is 4.93 Å². The molecule has 0 saturated heterocycles. The van der Waals surface area contributed by atoms with Crippen molar-refractivity contribution in [1.29, 1.82) is 0 Å². The number of hydrogen-bond acceptors (Lipinski definition) is 0. The summed E-state index contributed by atoms with van der Waals surface area (Å²) >= 11 is 0. The third-order valence-electron chi connectivity index (χ3n) is 10.6. The zero-order valence-electron chi connectivity index (χ0n) is 33.3. The normalized spacial score (nSPS) is 14.4. The highest BCUT2D eigenvalue weighted by Gasteiger charge is 2.15. The van der Waals surface area contributed by atoms with Gasteiger partial charge in [-0.05, 0) is 107 Å². The number of aryl methyl sites for hydroxylation is 1. The first kappa shape index (κ1) is 37.9. The molecule has 0 radical (unpaired) electrons. The molecule has 0 aliphatic heterocycles. The van der Waals surface area contributed by atoms with Crippen molar-refractivity contribution < 1.29 is 0 Å². The van der Waals surface area contributed by atoms with Gasteiger partial charge in [0.15, 0.2) is 0 Å². The van der Waals surface area contributed by atoms with E-state index in [-0.39, 0.29) is 0 Å². The summed E-state index contributed by atoms with van der Waals surface area (Å²) < 4.78 is 2.40. The van der Waals surface area contributed by atoms with Crippen LogP contribution >= 0.6 is 0 Å². The highest BCUT2D eigenvalue weighted by molar-refractivity contribution is 5.93. The number of allylic oxidation sites excluding steroid dienone is 9. The van der Waals surface area contributed by atoms with Gasteiger partial charge in [0, 0.05) is 17.0 Å². The van der Waals surface area contributed by atoms with Gasteiger partial charge in [0.2, 0.25) is 0 Å². The van der Waals surface area contributed by atoms with E-state index < -0.39 is 0 Å². The van der Waals surface area contributed by atoms with Gasteiger partial charge >= 0.3 is 0 Å². The lowest BCUT2D eigenvalue weighted by molar-refractivity contribution is 0.746. The fraction of sp³-hybridized carbons (Fsp3) is 0.127. The molecule has 276 valence electrons. The maximum Gasteiger partial charge on any atom is 0.0541 e. The summed E-state index contributed by atoms with van der Waals surface area (Å²) in [6.07, 6.45) is 16.7. The van der Waals surface area contributed by atoms with Gasteiger partial charge in [-0.3, -0.25) is 0 Å². The van der Waals surface area contributed by atoms with E-state index in [0.717, 1.165) is 5.69 Å². The Balaban J connectivity index is 0.000000314. The Hall–Kier alpha value is -6.44. The first-order valence-electron chi connectivity index (χ1n) is 19.9. The van der Waals surface area contributed by atoms with Crippen LogP contribution in [0, 0.1) is 12.8 Å². The lowest BCUT2D eigenvalue weighted by Crippen LogP contribution is -2.05. The predicted octanol–water partition coefficient (Wildman–Crippen LogP) is 15.5. The summed E-state index contributed by atoms with van der Waals surface area (Å²) in [5.41, 5.74) is 17.6. The average molecular weight is 726 g/mol. The molecule has 1 heterocycles. The third kappa shape index (κ3) is 8.59. The van der Waals surface area contributed by atoms with E-state index in [2.05, 4.69) is 226 Å². The molecular formula is C55H51N. The standard InChI is InChI=1S/C42H33N.C11H12.C2H6/c1-30(32-12-6-3-7-13-32)26-36-18-19-37(27-31(36)2)38-20-21-39-29-41(35-16-10-5-11-17-35)43(42(39)28-38)40-24-22-34(23-25-40)33-14-8-4-9-15-33;1-9-6-7-10-4-2-3-5-11(10)8-9;1-2/h3-29H,1-2H3;2-7,11H,8H2,1H3;1-2H3/b30-26+;;. The number of hydrogen-bond donors (Lipinski definition) is 0. The molecule has 1 unspecified atom stereocenters.